The molecule has 1 aromatic rings. The number of benzene rings is 1. The highest BCUT2D eigenvalue weighted by Crippen LogP contribution is 2.71. The molecule has 8 heteroatoms. The maximum absolute atomic E-state index is 14.5. The van der Waals surface area contributed by atoms with E-state index in [0.717, 1.165) is 0 Å². The summed E-state index contributed by atoms with van der Waals surface area (Å²) in [6.07, 6.45) is 2.29. The molecule has 0 saturated heterocycles. The Morgan fingerprint density at radius 3 is 2.45 bits per heavy atom. The summed E-state index contributed by atoms with van der Waals surface area (Å²) in [5, 5.41) is 35.0. The van der Waals surface area contributed by atoms with Gasteiger partial charge in [0.2, 0.25) is 0 Å². The van der Waals surface area contributed by atoms with Crippen LogP contribution in [-0.4, -0.2) is 64.1 Å². The number of carbonyl (C=O) groups excluding carboxylic acids is 3. The lowest BCUT2D eigenvalue weighted by molar-refractivity contribution is -0.190. The Hall–Kier alpha value is -3.07. The number of ketones is 1. The summed E-state index contributed by atoms with van der Waals surface area (Å²) in [6, 6.07) is 8.71. The van der Waals surface area contributed by atoms with E-state index in [9.17, 15) is 29.7 Å². The van der Waals surface area contributed by atoms with Crippen LogP contribution in [0.5, 0.6) is 0 Å². The lowest BCUT2D eigenvalue weighted by atomic mass is 9.59. The van der Waals surface area contributed by atoms with Crippen molar-refractivity contribution < 1.29 is 39.2 Å². The van der Waals surface area contributed by atoms with E-state index in [1.54, 1.807) is 63.3 Å². The van der Waals surface area contributed by atoms with Crippen LogP contribution in [0.2, 0.25) is 0 Å². The standard InChI is InChI=1S/C32H38O8/c1-6-17(2)28(36)39-15-21-13-22-24-23(30(24,5)16-40-29(37)20-10-8-7-9-11-20)12-19(4)31(27(22)35)14-18(3)25(33)32(31,38)26(21)34/h6-11,13-14,19,22-26,33-34,38H,12,15-16H2,1-5H3/t19-,22+,23-,24+,25+,26-,30-,31+,32-/m1/s1. The lowest BCUT2D eigenvalue weighted by Gasteiger charge is -2.48. The second-order valence-electron chi connectivity index (χ2n) is 12.3. The van der Waals surface area contributed by atoms with Gasteiger partial charge in [0, 0.05) is 16.9 Å². The van der Waals surface area contributed by atoms with E-state index in [1.165, 1.54) is 0 Å². The third-order valence-electron chi connectivity index (χ3n) is 10.2. The highest BCUT2D eigenvalue weighted by Gasteiger charge is 2.76. The van der Waals surface area contributed by atoms with Gasteiger partial charge in [-0.15, -0.1) is 0 Å². The second-order valence-corrected chi connectivity index (χ2v) is 12.3. The second kappa shape index (κ2) is 9.79. The molecule has 0 amide bonds. The third kappa shape index (κ3) is 3.87. The minimum absolute atomic E-state index is 0.00402. The van der Waals surface area contributed by atoms with Gasteiger partial charge in [0.25, 0.3) is 0 Å². The summed E-state index contributed by atoms with van der Waals surface area (Å²) in [5.74, 6) is -2.71. The van der Waals surface area contributed by atoms with Crippen LogP contribution in [0.3, 0.4) is 0 Å². The van der Waals surface area contributed by atoms with Gasteiger partial charge in [0.15, 0.2) is 5.78 Å². The zero-order valence-corrected chi connectivity index (χ0v) is 23.6. The summed E-state index contributed by atoms with van der Waals surface area (Å²) in [6.45, 7) is 8.59. The van der Waals surface area contributed by atoms with Crippen LogP contribution >= 0.6 is 0 Å². The maximum atomic E-state index is 14.5. The van der Waals surface area contributed by atoms with Gasteiger partial charge in [0.1, 0.15) is 24.4 Å². The average Bonchev–Trinajstić information content (AvgIpc) is 3.49. The smallest absolute Gasteiger partial charge is 0.338 e. The molecular weight excluding hydrogens is 512 g/mol. The zero-order valence-electron chi connectivity index (χ0n) is 23.6. The van der Waals surface area contributed by atoms with E-state index in [4.69, 9.17) is 9.47 Å². The molecule has 0 aliphatic heterocycles. The topological polar surface area (TPSA) is 130 Å². The van der Waals surface area contributed by atoms with Gasteiger partial charge < -0.3 is 24.8 Å². The molecule has 4 aliphatic rings. The first-order chi connectivity index (χ1) is 18.8. The molecule has 0 radical (unpaired) electrons. The molecule has 1 aromatic carbocycles. The molecule has 4 aliphatic carbocycles. The van der Waals surface area contributed by atoms with Crippen LogP contribution < -0.4 is 0 Å². The van der Waals surface area contributed by atoms with Gasteiger partial charge in [0.05, 0.1) is 17.6 Å². The monoisotopic (exact) mass is 550 g/mol. The van der Waals surface area contributed by atoms with Gasteiger partial charge in [-0.1, -0.05) is 50.3 Å². The first-order valence-corrected chi connectivity index (χ1v) is 13.9. The predicted molar refractivity (Wildman–Crippen MR) is 146 cm³/mol. The molecule has 0 unspecified atom stereocenters. The zero-order chi connectivity index (χ0) is 29.2. The Morgan fingerprint density at radius 2 is 1.80 bits per heavy atom. The van der Waals surface area contributed by atoms with Crippen molar-refractivity contribution in [2.75, 3.05) is 13.2 Å². The van der Waals surface area contributed by atoms with Gasteiger partial charge in [-0.05, 0) is 68.2 Å². The summed E-state index contributed by atoms with van der Waals surface area (Å²) in [5.41, 5.74) is -2.85. The number of carbonyl (C=O) groups is 3. The number of hydrogen-bond donors (Lipinski definition) is 3. The molecule has 2 fully saturated rings. The molecule has 0 heterocycles. The average molecular weight is 551 g/mol. The number of allylic oxidation sites excluding steroid dienone is 2. The van der Waals surface area contributed by atoms with Crippen molar-refractivity contribution in [2.24, 2.45) is 34.5 Å². The molecule has 40 heavy (non-hydrogen) atoms. The normalized spacial score (nSPS) is 40.1. The van der Waals surface area contributed by atoms with E-state index in [1.807, 2.05) is 19.9 Å². The Balaban J connectivity index is 1.52. The molecule has 3 N–H and O–H groups in total. The third-order valence-corrected chi connectivity index (χ3v) is 10.2. The number of hydrogen-bond acceptors (Lipinski definition) is 8. The molecular formula is C32H38O8. The van der Waals surface area contributed by atoms with E-state index in [0.29, 0.717) is 23.1 Å². The van der Waals surface area contributed by atoms with Crippen LogP contribution in [0.15, 0.2) is 65.3 Å². The number of ether oxygens (including phenoxy) is 2. The maximum Gasteiger partial charge on any atom is 0.338 e. The fourth-order valence-electron chi connectivity index (χ4n) is 7.71. The lowest BCUT2D eigenvalue weighted by Crippen LogP contribution is -2.65. The van der Waals surface area contributed by atoms with Crippen LogP contribution in [-0.2, 0) is 19.1 Å². The van der Waals surface area contributed by atoms with Gasteiger partial charge in [-0.3, -0.25) is 4.79 Å². The highest BCUT2D eigenvalue weighted by atomic mass is 16.5. The van der Waals surface area contributed by atoms with Gasteiger partial charge >= 0.3 is 11.9 Å². The Labute approximate surface area is 234 Å². The summed E-state index contributed by atoms with van der Waals surface area (Å²) in [4.78, 5) is 39.7. The molecule has 9 atom stereocenters. The minimum Gasteiger partial charge on any atom is -0.461 e. The summed E-state index contributed by atoms with van der Waals surface area (Å²) < 4.78 is 11.2. The van der Waals surface area contributed by atoms with E-state index < -0.39 is 52.4 Å². The first-order valence-electron chi connectivity index (χ1n) is 13.9. The first kappa shape index (κ1) is 28.5. The van der Waals surface area contributed by atoms with Crippen molar-refractivity contribution in [3.8, 4) is 0 Å². The molecule has 5 rings (SSSR count). The largest absolute Gasteiger partial charge is 0.461 e. The van der Waals surface area contributed by atoms with Crippen molar-refractivity contribution in [3.63, 3.8) is 0 Å². The van der Waals surface area contributed by atoms with Gasteiger partial charge in [-0.25, -0.2) is 9.59 Å². The number of rotatable bonds is 6. The molecule has 2 saturated carbocycles. The fraction of sp³-hybridized carbons (Fsp3) is 0.531. The summed E-state index contributed by atoms with van der Waals surface area (Å²) in [7, 11) is 0. The van der Waals surface area contributed by atoms with Crippen LogP contribution in [0.1, 0.15) is 51.4 Å². The predicted octanol–water partition coefficient (Wildman–Crippen LogP) is 3.17. The van der Waals surface area contributed by atoms with E-state index in [2.05, 4.69) is 0 Å². The molecule has 0 aromatic heterocycles. The molecule has 2 bridgehead atoms. The molecule has 8 nitrogen and oxygen atoms in total. The van der Waals surface area contributed by atoms with Gasteiger partial charge in [-0.2, -0.15) is 0 Å². The van der Waals surface area contributed by atoms with Crippen molar-refractivity contribution in [1.29, 1.82) is 0 Å². The Morgan fingerprint density at radius 1 is 1.12 bits per heavy atom. The number of aliphatic hydroxyl groups is 3. The van der Waals surface area contributed by atoms with Crippen LogP contribution in [0.4, 0.5) is 0 Å². The Kier molecular flexibility index (Phi) is 6.96. The Bertz CT molecular complexity index is 1330. The van der Waals surface area contributed by atoms with Crippen molar-refractivity contribution >= 4 is 17.7 Å². The minimum atomic E-state index is -2.22. The van der Waals surface area contributed by atoms with Crippen molar-refractivity contribution in [1.82, 2.24) is 0 Å². The SMILES string of the molecule is CC=C(C)C(=O)OCC1=C[C@@H]2C(=O)[C@]3(C=C(C)[C@H](O)[C@@]3(O)[C@@H]1O)[C@H](C)C[C@@H]1[C@H]2[C@]1(C)COC(=O)c1ccccc1. The number of esters is 2. The van der Waals surface area contributed by atoms with E-state index >= 15 is 0 Å². The summed E-state index contributed by atoms with van der Waals surface area (Å²) >= 11 is 0. The molecule has 1 spiro atoms. The number of fused-ring (bicyclic) bond motifs is 3. The quantitative estimate of drug-likeness (QED) is 0.280. The molecule has 214 valence electrons. The van der Waals surface area contributed by atoms with Crippen LogP contribution in [0.25, 0.3) is 0 Å². The van der Waals surface area contributed by atoms with Crippen molar-refractivity contribution in [3.05, 3.63) is 70.8 Å². The number of Topliss-reactive ketones (excluding diaryl/α,β-unsaturated/α-hetero) is 1. The van der Waals surface area contributed by atoms with Crippen molar-refractivity contribution in [2.45, 2.75) is 58.8 Å². The van der Waals surface area contributed by atoms with E-state index in [-0.39, 0.29) is 36.4 Å². The fourth-order valence-corrected chi connectivity index (χ4v) is 7.71. The highest BCUT2D eigenvalue weighted by molar-refractivity contribution is 5.95. The number of aliphatic hydroxyl groups excluding tert-OH is 2. The van der Waals surface area contributed by atoms with Crippen LogP contribution in [0, 0.1) is 34.5 Å².